The number of anilines is 2. The van der Waals surface area contributed by atoms with Crippen molar-refractivity contribution in [2.45, 2.75) is 32.1 Å². The van der Waals surface area contributed by atoms with Crippen LogP contribution in [0.15, 0.2) is 35.2 Å². The number of benzene rings is 2. The molecule has 0 aliphatic carbocycles. The molecule has 0 radical (unpaired) electrons. The van der Waals surface area contributed by atoms with Crippen molar-refractivity contribution in [1.29, 1.82) is 5.26 Å². The van der Waals surface area contributed by atoms with Gasteiger partial charge in [0.25, 0.3) is 10.0 Å². The first-order valence-electron chi connectivity index (χ1n) is 10.4. The summed E-state index contributed by atoms with van der Waals surface area (Å²) in [5.41, 5.74) is 3.31. The molecule has 0 atom stereocenters. The van der Waals surface area contributed by atoms with Gasteiger partial charge in [-0.3, -0.25) is 9.62 Å². The number of aromatic carboxylic acids is 1. The fourth-order valence-electron chi connectivity index (χ4n) is 3.90. The molecule has 0 aromatic heterocycles. The molecule has 2 aromatic rings. The maximum atomic E-state index is 13.0. The Balaban J connectivity index is 1.83. The molecule has 0 bridgehead atoms. The van der Waals surface area contributed by atoms with Gasteiger partial charge in [-0.1, -0.05) is 6.07 Å². The van der Waals surface area contributed by atoms with Gasteiger partial charge in [-0.05, 0) is 61.7 Å². The molecular weight excluding hydrogens is 428 g/mol. The number of rotatable bonds is 7. The van der Waals surface area contributed by atoms with Crippen LogP contribution < -0.4 is 9.62 Å². The van der Waals surface area contributed by atoms with E-state index in [1.807, 2.05) is 24.8 Å². The standard InChI is InChI=1S/C23H28N4O4S/c1-16-13-18(3)22(14-17(16)2)32(30,31)25-19-5-6-21(20(15-19)23(28)29)27-11-9-26(10-12-27)8-4-7-24/h5-6,13-15,25H,4,8-12H2,1-3H3,(H,28,29). The van der Waals surface area contributed by atoms with E-state index in [2.05, 4.69) is 15.7 Å². The number of nitriles is 1. The minimum Gasteiger partial charge on any atom is -0.478 e. The lowest BCUT2D eigenvalue weighted by atomic mass is 10.1. The van der Waals surface area contributed by atoms with Crippen LogP contribution in [0.3, 0.4) is 0 Å². The van der Waals surface area contributed by atoms with Gasteiger partial charge in [0, 0.05) is 44.8 Å². The first-order valence-corrected chi connectivity index (χ1v) is 11.9. The van der Waals surface area contributed by atoms with E-state index < -0.39 is 16.0 Å². The number of aryl methyl sites for hydroxylation is 3. The highest BCUT2D eigenvalue weighted by Gasteiger charge is 2.23. The lowest BCUT2D eigenvalue weighted by Gasteiger charge is -2.36. The van der Waals surface area contributed by atoms with Crippen LogP contribution in [0.2, 0.25) is 0 Å². The van der Waals surface area contributed by atoms with Crippen LogP contribution >= 0.6 is 0 Å². The molecule has 0 saturated carbocycles. The lowest BCUT2D eigenvalue weighted by Crippen LogP contribution is -2.47. The van der Waals surface area contributed by atoms with Crippen molar-refractivity contribution in [1.82, 2.24) is 4.90 Å². The molecule has 1 aliphatic heterocycles. The number of hydrogen-bond donors (Lipinski definition) is 2. The third-order valence-electron chi connectivity index (χ3n) is 5.81. The van der Waals surface area contributed by atoms with Gasteiger partial charge in [0.15, 0.2) is 0 Å². The van der Waals surface area contributed by atoms with E-state index in [0.717, 1.165) is 24.2 Å². The molecule has 2 aromatic carbocycles. The average Bonchev–Trinajstić information content (AvgIpc) is 2.74. The number of carboxylic acids is 1. The molecule has 3 rings (SSSR count). The van der Waals surface area contributed by atoms with Crippen LogP contribution in [0.5, 0.6) is 0 Å². The summed E-state index contributed by atoms with van der Waals surface area (Å²) in [6, 6.07) is 10.2. The van der Waals surface area contributed by atoms with Crippen molar-refractivity contribution in [3.63, 3.8) is 0 Å². The quantitative estimate of drug-likeness (QED) is 0.658. The summed E-state index contributed by atoms with van der Waals surface area (Å²) < 4.78 is 28.5. The topological polar surface area (TPSA) is 114 Å². The summed E-state index contributed by atoms with van der Waals surface area (Å²) in [6.07, 6.45) is 0.467. The molecule has 1 heterocycles. The van der Waals surface area contributed by atoms with Crippen molar-refractivity contribution < 1.29 is 18.3 Å². The zero-order valence-electron chi connectivity index (χ0n) is 18.6. The third-order valence-corrected chi connectivity index (χ3v) is 7.34. The van der Waals surface area contributed by atoms with Crippen LogP contribution in [-0.4, -0.2) is 57.1 Å². The molecule has 170 valence electrons. The zero-order valence-corrected chi connectivity index (χ0v) is 19.4. The lowest BCUT2D eigenvalue weighted by molar-refractivity contribution is 0.0697. The monoisotopic (exact) mass is 456 g/mol. The van der Waals surface area contributed by atoms with E-state index >= 15 is 0 Å². The van der Waals surface area contributed by atoms with E-state index in [9.17, 15) is 18.3 Å². The van der Waals surface area contributed by atoms with E-state index in [-0.39, 0.29) is 16.1 Å². The van der Waals surface area contributed by atoms with Gasteiger partial charge in [0.1, 0.15) is 0 Å². The Kier molecular flexibility index (Phi) is 7.06. The Morgan fingerprint density at radius 1 is 1.06 bits per heavy atom. The molecule has 0 spiro atoms. The minimum absolute atomic E-state index is 0.0486. The molecule has 8 nitrogen and oxygen atoms in total. The van der Waals surface area contributed by atoms with Gasteiger partial charge in [-0.25, -0.2) is 13.2 Å². The van der Waals surface area contributed by atoms with Gasteiger partial charge in [-0.2, -0.15) is 5.26 Å². The summed E-state index contributed by atoms with van der Waals surface area (Å²) in [4.78, 5) is 16.3. The molecule has 1 saturated heterocycles. The van der Waals surface area contributed by atoms with E-state index in [1.165, 1.54) is 6.07 Å². The highest BCUT2D eigenvalue weighted by molar-refractivity contribution is 7.92. The number of sulfonamides is 1. The van der Waals surface area contributed by atoms with Gasteiger partial charge in [0.2, 0.25) is 0 Å². The van der Waals surface area contributed by atoms with E-state index in [4.69, 9.17) is 5.26 Å². The third kappa shape index (κ3) is 5.21. The fraction of sp³-hybridized carbons (Fsp3) is 0.391. The second-order valence-electron chi connectivity index (χ2n) is 8.08. The number of piperazine rings is 1. The van der Waals surface area contributed by atoms with Gasteiger partial charge >= 0.3 is 5.97 Å². The smallest absolute Gasteiger partial charge is 0.337 e. The Morgan fingerprint density at radius 3 is 2.34 bits per heavy atom. The number of nitrogens with zero attached hydrogens (tertiary/aromatic N) is 3. The van der Waals surface area contributed by atoms with E-state index in [0.29, 0.717) is 37.3 Å². The largest absolute Gasteiger partial charge is 0.478 e. The summed E-state index contributed by atoms with van der Waals surface area (Å²) >= 11 is 0. The molecule has 9 heteroatoms. The zero-order chi connectivity index (χ0) is 23.5. The maximum absolute atomic E-state index is 13.0. The molecule has 0 amide bonds. The van der Waals surface area contributed by atoms with Crippen molar-refractivity contribution in [3.8, 4) is 6.07 Å². The average molecular weight is 457 g/mol. The van der Waals surface area contributed by atoms with Gasteiger partial charge in [-0.15, -0.1) is 0 Å². The molecule has 0 unspecified atom stereocenters. The summed E-state index contributed by atoms with van der Waals surface area (Å²) in [7, 11) is -3.87. The van der Waals surface area contributed by atoms with Crippen molar-refractivity contribution >= 4 is 27.4 Å². The van der Waals surface area contributed by atoms with E-state index in [1.54, 1.807) is 25.1 Å². The Hall–Kier alpha value is -3.09. The minimum atomic E-state index is -3.87. The van der Waals surface area contributed by atoms with Gasteiger partial charge in [0.05, 0.1) is 22.2 Å². The Bertz CT molecular complexity index is 1160. The van der Waals surface area contributed by atoms with Gasteiger partial charge < -0.3 is 10.0 Å². The molecule has 32 heavy (non-hydrogen) atoms. The number of carbonyl (C=O) groups is 1. The highest BCUT2D eigenvalue weighted by atomic mass is 32.2. The first kappa shape index (κ1) is 23.6. The second kappa shape index (κ2) is 9.59. The molecule has 2 N–H and O–H groups in total. The second-order valence-corrected chi connectivity index (χ2v) is 9.73. The summed E-state index contributed by atoms with van der Waals surface area (Å²) in [6.45, 7) is 8.97. The number of hydrogen-bond acceptors (Lipinski definition) is 6. The maximum Gasteiger partial charge on any atom is 0.337 e. The fourth-order valence-corrected chi connectivity index (χ4v) is 5.26. The van der Waals surface area contributed by atoms with Crippen LogP contribution in [0, 0.1) is 32.1 Å². The summed E-state index contributed by atoms with van der Waals surface area (Å²) in [5, 5.41) is 18.5. The van der Waals surface area contributed by atoms with Crippen molar-refractivity contribution in [2.75, 3.05) is 42.3 Å². The molecular formula is C23H28N4O4S. The Labute approximate surface area is 189 Å². The van der Waals surface area contributed by atoms with Crippen molar-refractivity contribution in [3.05, 3.63) is 52.6 Å². The van der Waals surface area contributed by atoms with Crippen LogP contribution in [0.4, 0.5) is 11.4 Å². The first-order chi connectivity index (χ1) is 15.1. The summed E-state index contributed by atoms with van der Waals surface area (Å²) in [5.74, 6) is -1.12. The normalized spacial score (nSPS) is 14.8. The molecule has 1 aliphatic rings. The highest BCUT2D eigenvalue weighted by Crippen LogP contribution is 2.28. The number of nitrogens with one attached hydrogen (secondary N) is 1. The molecule has 1 fully saturated rings. The van der Waals surface area contributed by atoms with Crippen LogP contribution in [0.1, 0.15) is 33.5 Å². The van der Waals surface area contributed by atoms with Crippen LogP contribution in [-0.2, 0) is 10.0 Å². The van der Waals surface area contributed by atoms with Crippen LogP contribution in [0.25, 0.3) is 0 Å². The number of carboxylic acid groups (broad SMARTS) is 1. The Morgan fingerprint density at radius 2 is 1.72 bits per heavy atom. The van der Waals surface area contributed by atoms with Crippen molar-refractivity contribution in [2.24, 2.45) is 0 Å². The predicted molar refractivity (Wildman–Crippen MR) is 124 cm³/mol. The predicted octanol–water partition coefficient (Wildman–Crippen LogP) is 3.15. The SMILES string of the molecule is Cc1cc(C)c(S(=O)(=O)Nc2ccc(N3CCN(CCC#N)CC3)c(C(=O)O)c2)cc1C.